The first-order valence-corrected chi connectivity index (χ1v) is 7.33. The number of anilines is 1. The van der Waals surface area contributed by atoms with Crippen LogP contribution in [0.25, 0.3) is 0 Å². The summed E-state index contributed by atoms with van der Waals surface area (Å²) in [5, 5.41) is 13.3. The minimum atomic E-state index is -1.03. The highest BCUT2D eigenvalue weighted by Crippen LogP contribution is 2.22. The first kappa shape index (κ1) is 18.3. The molecule has 130 valence electrons. The van der Waals surface area contributed by atoms with Gasteiger partial charge in [-0.25, -0.2) is 9.18 Å². The molecule has 25 heavy (non-hydrogen) atoms. The van der Waals surface area contributed by atoms with Gasteiger partial charge in [0.1, 0.15) is 5.82 Å². The van der Waals surface area contributed by atoms with Crippen LogP contribution < -0.4 is 5.32 Å². The molecule has 0 saturated heterocycles. The number of hydrogen-bond donors (Lipinski definition) is 1. The summed E-state index contributed by atoms with van der Waals surface area (Å²) in [6.45, 7) is 0.884. The molecule has 1 amide bonds. The van der Waals surface area contributed by atoms with Crippen LogP contribution in [0.1, 0.15) is 15.9 Å². The van der Waals surface area contributed by atoms with Gasteiger partial charge in [0.15, 0.2) is 6.61 Å². The highest BCUT2D eigenvalue weighted by molar-refractivity contribution is 6.30. The van der Waals surface area contributed by atoms with Gasteiger partial charge in [0.2, 0.25) is 0 Å². The van der Waals surface area contributed by atoms with Crippen molar-refractivity contribution in [1.29, 1.82) is 0 Å². The summed E-state index contributed by atoms with van der Waals surface area (Å²) in [6, 6.07) is 7.54. The van der Waals surface area contributed by atoms with Gasteiger partial charge in [0, 0.05) is 22.3 Å². The SMILES string of the molecule is Cc1ccc(NC(=O)COC(=O)c2ccc(Cl)cc2F)cc1[N+](=O)[O-]. The lowest BCUT2D eigenvalue weighted by Crippen LogP contribution is -2.21. The molecule has 0 aliphatic carbocycles. The van der Waals surface area contributed by atoms with E-state index in [1.165, 1.54) is 24.3 Å². The smallest absolute Gasteiger partial charge is 0.341 e. The number of nitrogens with zero attached hydrogens (tertiary/aromatic N) is 1. The Morgan fingerprint density at radius 3 is 2.64 bits per heavy atom. The zero-order valence-electron chi connectivity index (χ0n) is 12.9. The van der Waals surface area contributed by atoms with Gasteiger partial charge in [-0.2, -0.15) is 0 Å². The third-order valence-electron chi connectivity index (χ3n) is 3.17. The molecular weight excluding hydrogens is 355 g/mol. The van der Waals surface area contributed by atoms with Crippen LogP contribution >= 0.6 is 11.6 Å². The largest absolute Gasteiger partial charge is 0.452 e. The van der Waals surface area contributed by atoms with Gasteiger partial charge in [-0.3, -0.25) is 14.9 Å². The predicted octanol–water partition coefficient (Wildman–Crippen LogP) is 3.49. The van der Waals surface area contributed by atoms with Crippen LogP contribution in [0.3, 0.4) is 0 Å². The second-order valence-corrected chi connectivity index (χ2v) is 5.44. The maximum Gasteiger partial charge on any atom is 0.341 e. The van der Waals surface area contributed by atoms with Gasteiger partial charge in [0.05, 0.1) is 10.5 Å². The molecule has 2 aromatic carbocycles. The average Bonchev–Trinajstić information content (AvgIpc) is 2.54. The molecule has 0 aliphatic rings. The molecule has 0 unspecified atom stereocenters. The van der Waals surface area contributed by atoms with Crippen molar-refractivity contribution in [1.82, 2.24) is 0 Å². The second-order valence-electron chi connectivity index (χ2n) is 5.01. The fourth-order valence-corrected chi connectivity index (χ4v) is 2.10. The fraction of sp³-hybridized carbons (Fsp3) is 0.125. The molecular formula is C16H12ClFN2O5. The molecule has 0 aromatic heterocycles. The number of esters is 1. The number of halogens is 2. The first-order valence-electron chi connectivity index (χ1n) is 6.95. The van der Waals surface area contributed by atoms with E-state index in [0.29, 0.717) is 5.56 Å². The number of hydrogen-bond acceptors (Lipinski definition) is 5. The molecule has 0 radical (unpaired) electrons. The summed E-state index contributed by atoms with van der Waals surface area (Å²) in [4.78, 5) is 33.8. The fourth-order valence-electron chi connectivity index (χ4n) is 1.94. The van der Waals surface area contributed by atoms with E-state index in [4.69, 9.17) is 16.3 Å². The van der Waals surface area contributed by atoms with Gasteiger partial charge < -0.3 is 10.1 Å². The molecule has 0 fully saturated rings. The van der Waals surface area contributed by atoms with Gasteiger partial charge in [-0.1, -0.05) is 17.7 Å². The molecule has 0 bridgehead atoms. The molecule has 1 N–H and O–H groups in total. The van der Waals surface area contributed by atoms with Crippen molar-refractivity contribution >= 4 is 34.9 Å². The zero-order chi connectivity index (χ0) is 18.6. The van der Waals surface area contributed by atoms with Crippen LogP contribution in [-0.2, 0) is 9.53 Å². The highest BCUT2D eigenvalue weighted by Gasteiger charge is 2.16. The van der Waals surface area contributed by atoms with E-state index in [1.54, 1.807) is 6.92 Å². The van der Waals surface area contributed by atoms with Gasteiger partial charge in [0.25, 0.3) is 11.6 Å². The van der Waals surface area contributed by atoms with Crippen molar-refractivity contribution in [2.75, 3.05) is 11.9 Å². The van der Waals surface area contributed by atoms with Crippen LogP contribution in [-0.4, -0.2) is 23.4 Å². The third kappa shape index (κ3) is 4.74. The lowest BCUT2D eigenvalue weighted by molar-refractivity contribution is -0.385. The standard InChI is InChI=1S/C16H12ClFN2O5/c1-9-2-4-11(7-14(9)20(23)24)19-15(21)8-25-16(22)12-5-3-10(17)6-13(12)18/h2-7H,8H2,1H3,(H,19,21). The van der Waals surface area contributed by atoms with Crippen molar-refractivity contribution < 1.29 is 23.6 Å². The van der Waals surface area contributed by atoms with Crippen LogP contribution in [0, 0.1) is 22.9 Å². The zero-order valence-corrected chi connectivity index (χ0v) is 13.7. The Balaban J connectivity index is 1.98. The topological polar surface area (TPSA) is 98.5 Å². The summed E-state index contributed by atoms with van der Waals surface area (Å²) in [5.41, 5.74) is 0.102. The summed E-state index contributed by atoms with van der Waals surface area (Å²) in [5.74, 6) is -2.62. The maximum absolute atomic E-state index is 13.6. The number of nitro groups is 1. The highest BCUT2D eigenvalue weighted by atomic mass is 35.5. The molecule has 0 spiro atoms. The van der Waals surface area contributed by atoms with Crippen LogP contribution in [0.5, 0.6) is 0 Å². The molecule has 2 aromatic rings. The molecule has 7 nitrogen and oxygen atoms in total. The van der Waals surface area contributed by atoms with Crippen LogP contribution in [0.15, 0.2) is 36.4 Å². The molecule has 0 aliphatic heterocycles. The quantitative estimate of drug-likeness (QED) is 0.496. The number of nitro benzene ring substituents is 1. The van der Waals surface area contributed by atoms with Crippen molar-refractivity contribution in [3.63, 3.8) is 0 Å². The number of carbonyl (C=O) groups is 2. The summed E-state index contributed by atoms with van der Waals surface area (Å²) in [7, 11) is 0. The van der Waals surface area contributed by atoms with E-state index in [9.17, 15) is 24.1 Å². The number of aryl methyl sites for hydroxylation is 1. The number of amides is 1. The van der Waals surface area contributed by atoms with Gasteiger partial charge >= 0.3 is 5.97 Å². The number of ether oxygens (including phenoxy) is 1. The summed E-state index contributed by atoms with van der Waals surface area (Å²) >= 11 is 5.58. The Morgan fingerprint density at radius 1 is 1.28 bits per heavy atom. The monoisotopic (exact) mass is 366 g/mol. The Hall–Kier alpha value is -3.00. The Kier molecular flexibility index (Phi) is 5.66. The van der Waals surface area contributed by atoms with E-state index in [0.717, 1.165) is 12.1 Å². The lowest BCUT2D eigenvalue weighted by Gasteiger charge is -2.08. The Bertz CT molecular complexity index is 856. The van der Waals surface area contributed by atoms with E-state index in [2.05, 4.69) is 5.32 Å². The van der Waals surface area contributed by atoms with Crippen LogP contribution in [0.2, 0.25) is 5.02 Å². The first-order chi connectivity index (χ1) is 11.8. The summed E-state index contributed by atoms with van der Waals surface area (Å²) in [6.07, 6.45) is 0. The molecule has 0 heterocycles. The summed E-state index contributed by atoms with van der Waals surface area (Å²) < 4.78 is 18.3. The van der Waals surface area contributed by atoms with Crippen molar-refractivity contribution in [2.24, 2.45) is 0 Å². The van der Waals surface area contributed by atoms with E-state index in [-0.39, 0.29) is 22.0 Å². The van der Waals surface area contributed by atoms with Crippen molar-refractivity contribution in [3.05, 3.63) is 68.5 Å². The Morgan fingerprint density at radius 2 is 2.00 bits per heavy atom. The molecule has 9 heteroatoms. The third-order valence-corrected chi connectivity index (χ3v) is 3.41. The Labute approximate surface area is 146 Å². The van der Waals surface area contributed by atoms with E-state index >= 15 is 0 Å². The average molecular weight is 367 g/mol. The molecule has 2 rings (SSSR count). The normalized spacial score (nSPS) is 10.2. The second kappa shape index (κ2) is 7.71. The van der Waals surface area contributed by atoms with E-state index < -0.39 is 29.2 Å². The predicted molar refractivity (Wildman–Crippen MR) is 88.2 cm³/mol. The van der Waals surface area contributed by atoms with Gasteiger partial charge in [-0.15, -0.1) is 0 Å². The van der Waals surface area contributed by atoms with Crippen LogP contribution in [0.4, 0.5) is 15.8 Å². The number of rotatable bonds is 5. The number of nitrogens with one attached hydrogen (secondary N) is 1. The molecule has 0 atom stereocenters. The maximum atomic E-state index is 13.6. The van der Waals surface area contributed by atoms with Gasteiger partial charge in [-0.05, 0) is 31.2 Å². The van der Waals surface area contributed by atoms with E-state index in [1.807, 2.05) is 0 Å². The number of carbonyl (C=O) groups excluding carboxylic acids is 2. The minimum absolute atomic E-state index is 0.118. The molecule has 0 saturated carbocycles. The minimum Gasteiger partial charge on any atom is -0.452 e. The van der Waals surface area contributed by atoms with Crippen molar-refractivity contribution in [2.45, 2.75) is 6.92 Å². The lowest BCUT2D eigenvalue weighted by atomic mass is 10.2. The van der Waals surface area contributed by atoms with Crippen molar-refractivity contribution in [3.8, 4) is 0 Å². The number of benzene rings is 2.